The van der Waals surface area contributed by atoms with E-state index in [4.69, 9.17) is 10.5 Å². The van der Waals surface area contributed by atoms with Crippen LogP contribution in [0.15, 0.2) is 0 Å². The third-order valence-corrected chi connectivity index (χ3v) is 2.74. The first-order valence-corrected chi connectivity index (χ1v) is 5.65. The van der Waals surface area contributed by atoms with E-state index in [0.29, 0.717) is 0 Å². The third kappa shape index (κ3) is 2.33. The molecule has 1 aliphatic rings. The minimum atomic E-state index is 0.112. The van der Waals surface area contributed by atoms with Gasteiger partial charge in [0.25, 0.3) is 0 Å². The van der Waals surface area contributed by atoms with Crippen LogP contribution in [0.25, 0.3) is 0 Å². The minimum Gasteiger partial charge on any atom is -0.378 e. The molecule has 90 valence electrons. The minimum absolute atomic E-state index is 0.112. The predicted octanol–water partition coefficient (Wildman–Crippen LogP) is -0.459. The maximum absolute atomic E-state index is 5.77. The molecule has 1 unspecified atom stereocenters. The fourth-order valence-corrected chi connectivity index (χ4v) is 1.86. The molecule has 6 nitrogen and oxygen atoms in total. The zero-order valence-corrected chi connectivity index (χ0v) is 9.89. The molecule has 2 heterocycles. The lowest BCUT2D eigenvalue weighted by atomic mass is 10.2. The standard InChI is InChI=1S/C10H19N5O/c1-8(11)7-9-12-13-10(14(9)2)15-3-5-16-6-4-15/h8H,3-7,11H2,1-2H3. The van der Waals surface area contributed by atoms with Crippen molar-refractivity contribution < 1.29 is 4.74 Å². The van der Waals surface area contributed by atoms with Crippen molar-refractivity contribution in [1.29, 1.82) is 0 Å². The van der Waals surface area contributed by atoms with Crippen molar-refractivity contribution in [2.75, 3.05) is 31.2 Å². The highest BCUT2D eigenvalue weighted by molar-refractivity contribution is 5.31. The van der Waals surface area contributed by atoms with E-state index in [9.17, 15) is 0 Å². The largest absolute Gasteiger partial charge is 0.378 e. The second-order valence-electron chi connectivity index (χ2n) is 4.26. The second kappa shape index (κ2) is 4.80. The monoisotopic (exact) mass is 225 g/mol. The third-order valence-electron chi connectivity index (χ3n) is 2.74. The van der Waals surface area contributed by atoms with Crippen LogP contribution in [0, 0.1) is 0 Å². The Morgan fingerprint density at radius 3 is 2.69 bits per heavy atom. The highest BCUT2D eigenvalue weighted by Crippen LogP contribution is 2.13. The summed E-state index contributed by atoms with van der Waals surface area (Å²) in [5.41, 5.74) is 5.77. The van der Waals surface area contributed by atoms with E-state index in [1.165, 1.54) is 0 Å². The van der Waals surface area contributed by atoms with Crippen molar-refractivity contribution in [3.63, 3.8) is 0 Å². The van der Waals surface area contributed by atoms with Gasteiger partial charge in [0.05, 0.1) is 13.2 Å². The van der Waals surface area contributed by atoms with E-state index in [2.05, 4.69) is 15.1 Å². The van der Waals surface area contributed by atoms with Gasteiger partial charge in [-0.05, 0) is 6.92 Å². The number of rotatable bonds is 3. The Morgan fingerprint density at radius 1 is 1.38 bits per heavy atom. The van der Waals surface area contributed by atoms with Gasteiger partial charge in [0.2, 0.25) is 5.95 Å². The van der Waals surface area contributed by atoms with Crippen molar-refractivity contribution in [3.8, 4) is 0 Å². The average molecular weight is 225 g/mol. The molecule has 16 heavy (non-hydrogen) atoms. The molecule has 2 N–H and O–H groups in total. The second-order valence-corrected chi connectivity index (χ2v) is 4.26. The Bertz CT molecular complexity index is 343. The number of nitrogens with two attached hydrogens (primary N) is 1. The Balaban J connectivity index is 2.12. The molecule has 0 aromatic carbocycles. The van der Waals surface area contributed by atoms with Crippen LogP contribution in [0.4, 0.5) is 5.95 Å². The molecule has 0 aliphatic carbocycles. The van der Waals surface area contributed by atoms with Crippen LogP contribution in [0.2, 0.25) is 0 Å². The summed E-state index contributed by atoms with van der Waals surface area (Å²) >= 11 is 0. The molecule has 0 amide bonds. The Kier molecular flexibility index (Phi) is 3.40. The van der Waals surface area contributed by atoms with E-state index in [0.717, 1.165) is 44.5 Å². The number of morpholine rings is 1. The molecule has 0 saturated carbocycles. The number of anilines is 1. The van der Waals surface area contributed by atoms with Crippen LogP contribution in [0.3, 0.4) is 0 Å². The lowest BCUT2D eigenvalue weighted by molar-refractivity contribution is 0.121. The molecule has 1 aromatic heterocycles. The smallest absolute Gasteiger partial charge is 0.227 e. The van der Waals surface area contributed by atoms with Gasteiger partial charge < -0.3 is 19.9 Å². The number of hydrogen-bond acceptors (Lipinski definition) is 5. The van der Waals surface area contributed by atoms with Gasteiger partial charge in [0.1, 0.15) is 5.82 Å². The van der Waals surface area contributed by atoms with Crippen LogP contribution in [-0.4, -0.2) is 47.1 Å². The van der Waals surface area contributed by atoms with E-state index in [-0.39, 0.29) is 6.04 Å². The first kappa shape index (κ1) is 11.3. The average Bonchev–Trinajstić information content (AvgIpc) is 2.61. The van der Waals surface area contributed by atoms with Crippen molar-refractivity contribution in [1.82, 2.24) is 14.8 Å². The molecule has 0 bridgehead atoms. The van der Waals surface area contributed by atoms with Crippen LogP contribution < -0.4 is 10.6 Å². The molecule has 1 atom stereocenters. The van der Waals surface area contributed by atoms with Crippen LogP contribution in [-0.2, 0) is 18.2 Å². The van der Waals surface area contributed by atoms with Crippen molar-refractivity contribution >= 4 is 5.95 Å². The van der Waals surface area contributed by atoms with Crippen LogP contribution >= 0.6 is 0 Å². The number of hydrogen-bond donors (Lipinski definition) is 1. The van der Waals surface area contributed by atoms with Gasteiger partial charge in [-0.1, -0.05) is 0 Å². The van der Waals surface area contributed by atoms with Gasteiger partial charge in [-0.15, -0.1) is 10.2 Å². The number of nitrogens with zero attached hydrogens (tertiary/aromatic N) is 4. The predicted molar refractivity (Wildman–Crippen MR) is 61.4 cm³/mol. The summed E-state index contributed by atoms with van der Waals surface area (Å²) in [4.78, 5) is 2.20. The number of aromatic nitrogens is 3. The van der Waals surface area contributed by atoms with Gasteiger partial charge in [-0.3, -0.25) is 0 Å². The summed E-state index contributed by atoms with van der Waals surface area (Å²) in [5, 5.41) is 8.40. The lowest BCUT2D eigenvalue weighted by Gasteiger charge is -2.27. The lowest BCUT2D eigenvalue weighted by Crippen LogP contribution is -2.37. The van der Waals surface area contributed by atoms with Crippen molar-refractivity contribution in [2.45, 2.75) is 19.4 Å². The SMILES string of the molecule is CC(N)Cc1nnc(N2CCOCC2)n1C. The molecule has 1 aliphatic heterocycles. The van der Waals surface area contributed by atoms with E-state index >= 15 is 0 Å². The van der Waals surface area contributed by atoms with E-state index in [1.807, 2.05) is 18.5 Å². The van der Waals surface area contributed by atoms with Gasteiger partial charge in [-0.2, -0.15) is 0 Å². The topological polar surface area (TPSA) is 69.2 Å². The molecule has 1 saturated heterocycles. The Morgan fingerprint density at radius 2 is 2.06 bits per heavy atom. The molecule has 2 rings (SSSR count). The van der Waals surface area contributed by atoms with Gasteiger partial charge in [-0.25, -0.2) is 0 Å². The normalized spacial score (nSPS) is 18.8. The quantitative estimate of drug-likeness (QED) is 0.754. The summed E-state index contributed by atoms with van der Waals surface area (Å²) in [6.07, 6.45) is 0.758. The molecular weight excluding hydrogens is 206 g/mol. The van der Waals surface area contributed by atoms with E-state index < -0.39 is 0 Å². The zero-order valence-electron chi connectivity index (χ0n) is 9.89. The summed E-state index contributed by atoms with van der Waals surface area (Å²) in [6, 6.07) is 0.112. The highest BCUT2D eigenvalue weighted by atomic mass is 16.5. The van der Waals surface area contributed by atoms with Crippen molar-refractivity contribution in [3.05, 3.63) is 5.82 Å². The van der Waals surface area contributed by atoms with Gasteiger partial charge in [0.15, 0.2) is 0 Å². The summed E-state index contributed by atoms with van der Waals surface area (Å²) in [7, 11) is 1.99. The molecule has 6 heteroatoms. The maximum atomic E-state index is 5.77. The zero-order chi connectivity index (χ0) is 11.5. The van der Waals surface area contributed by atoms with Gasteiger partial charge in [0, 0.05) is 32.6 Å². The Labute approximate surface area is 95.4 Å². The van der Waals surface area contributed by atoms with Crippen molar-refractivity contribution in [2.24, 2.45) is 12.8 Å². The summed E-state index contributed by atoms with van der Waals surface area (Å²) in [6.45, 7) is 5.25. The highest BCUT2D eigenvalue weighted by Gasteiger charge is 2.18. The fourth-order valence-electron chi connectivity index (χ4n) is 1.86. The van der Waals surface area contributed by atoms with Crippen LogP contribution in [0.5, 0.6) is 0 Å². The fraction of sp³-hybridized carbons (Fsp3) is 0.800. The Hall–Kier alpha value is -1.14. The first-order chi connectivity index (χ1) is 7.68. The molecular formula is C10H19N5O. The number of ether oxygens (including phenoxy) is 1. The summed E-state index contributed by atoms with van der Waals surface area (Å²) in [5.74, 6) is 1.86. The molecule has 0 spiro atoms. The van der Waals surface area contributed by atoms with Gasteiger partial charge >= 0.3 is 0 Å². The molecule has 1 aromatic rings. The van der Waals surface area contributed by atoms with Crippen LogP contribution in [0.1, 0.15) is 12.7 Å². The maximum Gasteiger partial charge on any atom is 0.227 e. The first-order valence-electron chi connectivity index (χ1n) is 5.65. The molecule has 1 fully saturated rings. The molecule has 0 radical (unpaired) electrons. The summed E-state index contributed by atoms with van der Waals surface area (Å²) < 4.78 is 7.34. The van der Waals surface area contributed by atoms with E-state index in [1.54, 1.807) is 0 Å².